The van der Waals surface area contributed by atoms with Gasteiger partial charge in [0.15, 0.2) is 0 Å². The molecule has 0 bridgehead atoms. The molecule has 0 radical (unpaired) electrons. The average Bonchev–Trinajstić information content (AvgIpc) is 2.92. The van der Waals surface area contributed by atoms with E-state index in [1.165, 1.54) is 0 Å². The number of halogens is 1. The molecule has 2 aromatic rings. The minimum atomic E-state index is -1.49. The van der Waals surface area contributed by atoms with Gasteiger partial charge in [0, 0.05) is 18.9 Å². The van der Waals surface area contributed by atoms with Gasteiger partial charge in [-0.15, -0.1) is 0 Å². The smallest absolute Gasteiger partial charge is 0.338 e. The monoisotopic (exact) mass is 294 g/mol. The lowest BCUT2D eigenvalue weighted by molar-refractivity contribution is -0.384. The summed E-state index contributed by atoms with van der Waals surface area (Å²) >= 11 is 0. The van der Waals surface area contributed by atoms with Gasteiger partial charge < -0.3 is 10.4 Å². The molecule has 0 amide bonds. The van der Waals surface area contributed by atoms with E-state index in [0.717, 1.165) is 6.07 Å². The van der Waals surface area contributed by atoms with Crippen LogP contribution in [0.25, 0.3) is 0 Å². The summed E-state index contributed by atoms with van der Waals surface area (Å²) in [5.41, 5.74) is -1.19. The van der Waals surface area contributed by atoms with Crippen molar-refractivity contribution in [2.45, 2.75) is 6.54 Å². The Morgan fingerprint density at radius 3 is 2.86 bits per heavy atom. The number of benzene rings is 1. The molecule has 0 atom stereocenters. The quantitative estimate of drug-likeness (QED) is 0.620. The molecule has 0 saturated heterocycles. The maximum atomic E-state index is 13.5. The molecule has 110 valence electrons. The topological polar surface area (TPSA) is 110 Å². The Bertz CT molecular complexity index is 672. The fourth-order valence-corrected chi connectivity index (χ4v) is 1.76. The molecule has 8 nitrogen and oxygen atoms in total. The van der Waals surface area contributed by atoms with Crippen LogP contribution in [0.1, 0.15) is 10.4 Å². The van der Waals surface area contributed by atoms with Crippen LogP contribution in [0.15, 0.2) is 30.6 Å². The zero-order valence-corrected chi connectivity index (χ0v) is 10.7. The molecule has 0 aliphatic heterocycles. The van der Waals surface area contributed by atoms with Crippen LogP contribution in [-0.4, -0.2) is 32.3 Å². The number of hydrogen-bond donors (Lipinski definition) is 2. The summed E-state index contributed by atoms with van der Waals surface area (Å²) in [6.07, 6.45) is 3.30. The zero-order chi connectivity index (χ0) is 15.4. The van der Waals surface area contributed by atoms with E-state index in [0.29, 0.717) is 12.6 Å². The molecule has 0 spiro atoms. The third kappa shape index (κ3) is 3.32. The number of aromatic carboxylic acids is 1. The highest BCUT2D eigenvalue weighted by molar-refractivity contribution is 5.90. The van der Waals surface area contributed by atoms with Crippen LogP contribution < -0.4 is 5.32 Å². The molecule has 0 unspecified atom stereocenters. The van der Waals surface area contributed by atoms with E-state index in [1.807, 2.05) is 0 Å². The molecule has 0 aliphatic rings. The van der Waals surface area contributed by atoms with Gasteiger partial charge in [-0.2, -0.15) is 5.10 Å². The molecule has 1 heterocycles. The van der Waals surface area contributed by atoms with E-state index >= 15 is 0 Å². The Morgan fingerprint density at radius 2 is 2.29 bits per heavy atom. The van der Waals surface area contributed by atoms with Crippen molar-refractivity contribution < 1.29 is 19.2 Å². The van der Waals surface area contributed by atoms with Crippen molar-refractivity contribution >= 4 is 17.3 Å². The Kier molecular flexibility index (Phi) is 4.12. The Morgan fingerprint density at radius 1 is 1.52 bits per heavy atom. The summed E-state index contributed by atoms with van der Waals surface area (Å²) in [4.78, 5) is 21.0. The van der Waals surface area contributed by atoms with E-state index in [4.69, 9.17) is 5.11 Å². The second kappa shape index (κ2) is 5.99. The summed E-state index contributed by atoms with van der Waals surface area (Å²) < 4.78 is 15.1. The highest BCUT2D eigenvalue weighted by Crippen LogP contribution is 2.27. The van der Waals surface area contributed by atoms with Gasteiger partial charge in [-0.3, -0.25) is 14.8 Å². The molecule has 0 fully saturated rings. The summed E-state index contributed by atoms with van der Waals surface area (Å²) in [7, 11) is 0. The van der Waals surface area contributed by atoms with Crippen molar-refractivity contribution in [2.24, 2.45) is 0 Å². The fraction of sp³-hybridized carbons (Fsp3) is 0.167. The molecule has 21 heavy (non-hydrogen) atoms. The van der Waals surface area contributed by atoms with E-state index in [2.05, 4.69) is 10.4 Å². The van der Waals surface area contributed by atoms with Crippen LogP contribution in [0.4, 0.5) is 15.8 Å². The first-order valence-electron chi connectivity index (χ1n) is 5.91. The van der Waals surface area contributed by atoms with Crippen LogP contribution in [0.5, 0.6) is 0 Å². The number of nitro groups is 1. The van der Waals surface area contributed by atoms with Crippen molar-refractivity contribution in [1.82, 2.24) is 9.78 Å². The lowest BCUT2D eigenvalue weighted by Crippen LogP contribution is -2.13. The first-order valence-corrected chi connectivity index (χ1v) is 5.91. The maximum absolute atomic E-state index is 13.5. The predicted octanol–water partition coefficient (Wildman–Crippen LogP) is 1.74. The number of aromatic nitrogens is 2. The van der Waals surface area contributed by atoms with Crippen LogP contribution in [0.3, 0.4) is 0 Å². The Hall–Kier alpha value is -2.97. The second-order valence-electron chi connectivity index (χ2n) is 4.11. The standard InChI is InChI=1S/C12H11FN4O4/c13-9-7-11(17(20)21)10(6-8(9)12(18)19)14-3-5-16-4-1-2-15-16/h1-2,4,6-7,14H,3,5H2,(H,18,19). The normalized spacial score (nSPS) is 10.3. The van der Waals surface area contributed by atoms with E-state index in [9.17, 15) is 19.3 Å². The van der Waals surface area contributed by atoms with Gasteiger partial charge in [0.05, 0.1) is 23.1 Å². The Balaban J connectivity index is 2.21. The van der Waals surface area contributed by atoms with Crippen LogP contribution >= 0.6 is 0 Å². The number of carbonyl (C=O) groups is 1. The molecule has 0 saturated carbocycles. The molecule has 2 N–H and O–H groups in total. The van der Waals surface area contributed by atoms with Gasteiger partial charge in [0.1, 0.15) is 11.5 Å². The van der Waals surface area contributed by atoms with Crippen molar-refractivity contribution in [1.29, 1.82) is 0 Å². The lowest BCUT2D eigenvalue weighted by atomic mass is 10.1. The van der Waals surface area contributed by atoms with E-state index in [1.54, 1.807) is 23.1 Å². The minimum absolute atomic E-state index is 0.0500. The van der Waals surface area contributed by atoms with Gasteiger partial charge in [-0.1, -0.05) is 0 Å². The summed E-state index contributed by atoms with van der Waals surface area (Å²) in [5.74, 6) is -2.63. The number of anilines is 1. The predicted molar refractivity (Wildman–Crippen MR) is 70.7 cm³/mol. The first-order chi connectivity index (χ1) is 9.99. The largest absolute Gasteiger partial charge is 0.478 e. The summed E-state index contributed by atoms with van der Waals surface area (Å²) in [6, 6.07) is 3.24. The van der Waals surface area contributed by atoms with E-state index < -0.39 is 28.0 Å². The van der Waals surface area contributed by atoms with Crippen LogP contribution in [-0.2, 0) is 6.54 Å². The molecule has 1 aromatic heterocycles. The zero-order valence-electron chi connectivity index (χ0n) is 10.7. The Labute approximate surface area is 118 Å². The highest BCUT2D eigenvalue weighted by atomic mass is 19.1. The van der Waals surface area contributed by atoms with Gasteiger partial charge in [-0.25, -0.2) is 9.18 Å². The SMILES string of the molecule is O=C(O)c1cc(NCCn2cccn2)c([N+](=O)[O-])cc1F. The van der Waals surface area contributed by atoms with Gasteiger partial charge >= 0.3 is 5.97 Å². The number of nitro benzene ring substituents is 1. The number of rotatable bonds is 6. The van der Waals surface area contributed by atoms with Crippen molar-refractivity contribution in [3.8, 4) is 0 Å². The van der Waals surface area contributed by atoms with Gasteiger partial charge in [-0.05, 0) is 12.1 Å². The second-order valence-corrected chi connectivity index (χ2v) is 4.11. The van der Waals surface area contributed by atoms with Crippen molar-refractivity contribution in [3.05, 3.63) is 52.1 Å². The first kappa shape index (κ1) is 14.4. The molecule has 2 rings (SSSR count). The third-order valence-corrected chi connectivity index (χ3v) is 2.73. The molecular formula is C12H11FN4O4. The average molecular weight is 294 g/mol. The molecule has 1 aromatic carbocycles. The third-order valence-electron chi connectivity index (χ3n) is 2.73. The number of carboxylic acids is 1. The van der Waals surface area contributed by atoms with Crippen LogP contribution in [0, 0.1) is 15.9 Å². The summed E-state index contributed by atoms with van der Waals surface area (Å²) in [5, 5.41) is 26.4. The highest BCUT2D eigenvalue weighted by Gasteiger charge is 2.21. The van der Waals surface area contributed by atoms with Crippen molar-refractivity contribution in [2.75, 3.05) is 11.9 Å². The minimum Gasteiger partial charge on any atom is -0.478 e. The number of carboxylic acid groups (broad SMARTS) is 1. The molecule has 0 aliphatic carbocycles. The number of nitrogens with one attached hydrogen (secondary N) is 1. The molecular weight excluding hydrogens is 283 g/mol. The molecule has 9 heteroatoms. The van der Waals surface area contributed by atoms with Gasteiger partial charge in [0.2, 0.25) is 0 Å². The summed E-state index contributed by atoms with van der Waals surface area (Å²) in [6.45, 7) is 0.692. The van der Waals surface area contributed by atoms with Gasteiger partial charge in [0.25, 0.3) is 5.69 Å². The lowest BCUT2D eigenvalue weighted by Gasteiger charge is -2.09. The number of nitrogens with zero attached hydrogens (tertiary/aromatic N) is 3. The maximum Gasteiger partial charge on any atom is 0.338 e. The van der Waals surface area contributed by atoms with Crippen molar-refractivity contribution in [3.63, 3.8) is 0 Å². The fourth-order valence-electron chi connectivity index (χ4n) is 1.76. The number of hydrogen-bond acceptors (Lipinski definition) is 5. The van der Waals surface area contributed by atoms with E-state index in [-0.39, 0.29) is 12.2 Å². The van der Waals surface area contributed by atoms with Crippen LogP contribution in [0.2, 0.25) is 0 Å².